The molecule has 0 nitrogen and oxygen atoms in total. The van der Waals surface area contributed by atoms with Crippen LogP contribution in [0.15, 0.2) is 77.9 Å². The standard InChI is InChI=1S/2C13H15.C6H5.CH3.2ClH.H2Si.Zr/c2*1-9(2)12-6-4-5-11-7-10(3)8-13(11)12;1-2-4-6-5-3-1;;;;;/h2*4-9H,1-3H3;1-5H;1H3;2*1H;1H2;. The van der Waals surface area contributed by atoms with Gasteiger partial charge in [-0.25, -0.2) is 0 Å². The first kappa shape index (κ1) is 30.4. The molecule has 2 unspecified atom stereocenters. The maximum atomic E-state index is 2.77. The van der Waals surface area contributed by atoms with Crippen LogP contribution in [0.3, 0.4) is 0 Å². The Morgan fingerprint density at radius 3 is 1.41 bits per heavy atom. The molecule has 5 rings (SSSR count). The van der Waals surface area contributed by atoms with E-state index in [4.69, 9.17) is 0 Å². The number of rotatable bonds is 5. The molecule has 0 radical (unpaired) electrons. The van der Waals surface area contributed by atoms with Gasteiger partial charge < -0.3 is 0 Å². The zero-order valence-electron chi connectivity index (χ0n) is 23.3. The zero-order chi connectivity index (χ0) is 25.1. The number of halogens is 2. The summed E-state index contributed by atoms with van der Waals surface area (Å²) in [5.74, 6) is 1.06. The summed E-state index contributed by atoms with van der Waals surface area (Å²) >= 11 is -3.88. The molecule has 196 valence electrons. The van der Waals surface area contributed by atoms with Crippen LogP contribution in [-0.2, 0) is 17.4 Å². The molecular weight excluding hydrogens is 587 g/mol. The van der Waals surface area contributed by atoms with E-state index >= 15 is 0 Å². The van der Waals surface area contributed by atoms with Crippen LogP contribution in [0.2, 0.25) is 4.63 Å². The van der Waals surface area contributed by atoms with E-state index in [1.165, 1.54) is 22.3 Å². The summed E-state index contributed by atoms with van der Waals surface area (Å²) in [7, 11) is 0. The summed E-state index contributed by atoms with van der Waals surface area (Å²) in [4.78, 5) is 0. The van der Waals surface area contributed by atoms with Gasteiger partial charge >= 0.3 is 216 Å². The van der Waals surface area contributed by atoms with Crippen LogP contribution in [0, 0.1) is 0 Å². The number of benzene rings is 3. The molecule has 0 spiro atoms. The molecule has 2 aliphatic carbocycles. The molecule has 3 aromatic rings. The van der Waals surface area contributed by atoms with Crippen molar-refractivity contribution in [3.63, 3.8) is 0 Å². The van der Waals surface area contributed by atoms with Crippen molar-refractivity contribution in [2.75, 3.05) is 0 Å². The van der Waals surface area contributed by atoms with Crippen molar-refractivity contribution in [3.05, 3.63) is 111 Å². The Balaban J connectivity index is 0.00000190. The fourth-order valence-corrected chi connectivity index (χ4v) is 32.9. The van der Waals surface area contributed by atoms with Crippen molar-refractivity contribution in [1.82, 2.24) is 0 Å². The molecule has 0 aromatic heterocycles. The van der Waals surface area contributed by atoms with Gasteiger partial charge in [0.15, 0.2) is 0 Å². The second-order valence-corrected chi connectivity index (χ2v) is 38.5. The van der Waals surface area contributed by atoms with Gasteiger partial charge in [0.25, 0.3) is 0 Å². The van der Waals surface area contributed by atoms with Crippen molar-refractivity contribution >= 4 is 47.1 Å². The quantitative estimate of drug-likeness (QED) is 0.248. The fourth-order valence-electron chi connectivity index (χ4n) is 7.71. The largest absolute Gasteiger partial charge is 0.147 e. The molecule has 0 heterocycles. The first-order valence-corrected chi connectivity index (χ1v) is 25.7. The Morgan fingerprint density at radius 1 is 0.622 bits per heavy atom. The van der Waals surface area contributed by atoms with E-state index < -0.39 is 17.4 Å². The second kappa shape index (κ2) is 10.8. The van der Waals surface area contributed by atoms with Gasteiger partial charge in [0.1, 0.15) is 0 Å². The Labute approximate surface area is 239 Å². The van der Waals surface area contributed by atoms with Crippen LogP contribution in [-0.4, -0.2) is 6.88 Å². The van der Waals surface area contributed by atoms with Gasteiger partial charge in [0.2, 0.25) is 0 Å². The minimum absolute atomic E-state index is 0. The predicted molar refractivity (Wildman–Crippen MR) is 169 cm³/mol. The third-order valence-corrected chi connectivity index (χ3v) is 32.9. The molecule has 3 aromatic carbocycles. The molecule has 0 bridgehead atoms. The minimum atomic E-state index is -3.88. The van der Waals surface area contributed by atoms with Gasteiger partial charge in [-0.05, 0) is 0 Å². The molecule has 37 heavy (non-hydrogen) atoms. The molecule has 2 atom stereocenters. The van der Waals surface area contributed by atoms with Crippen molar-refractivity contribution in [2.24, 2.45) is 0 Å². The summed E-state index contributed by atoms with van der Waals surface area (Å²) in [6.07, 6.45) is 5.09. The van der Waals surface area contributed by atoms with E-state index in [0.29, 0.717) is 19.1 Å². The first-order chi connectivity index (χ1) is 16.5. The maximum absolute atomic E-state index is 3.88. The Morgan fingerprint density at radius 2 is 1.03 bits per heavy atom. The normalized spacial score (nSPS) is 18.5. The minimum Gasteiger partial charge on any atom is -0.147 e. The Hall–Kier alpha value is -1.18. The first-order valence-electron chi connectivity index (χ1n) is 13.3. The number of hydrogen-bond acceptors (Lipinski definition) is 0. The number of fused-ring (bicyclic) bond motifs is 2. The van der Waals surface area contributed by atoms with Crippen molar-refractivity contribution in [2.45, 2.75) is 65.3 Å². The smallest absolute Gasteiger partial charge is 0.147 e. The van der Waals surface area contributed by atoms with Gasteiger partial charge in [0.05, 0.1) is 0 Å². The summed E-state index contributed by atoms with van der Waals surface area (Å²) in [6.45, 7) is 16.6. The monoisotopic (exact) mass is 626 g/mol. The average Bonchev–Trinajstić information content (AvgIpc) is 3.35. The SMILES string of the molecule is CC1=Cc2c(C(C)C)cccc2[CH]1[Zr]([CH3])(=[SiH2])([c]1ccccc1)[CH]1C(C)=Cc2c(C(C)C)cccc21.Cl.Cl. The summed E-state index contributed by atoms with van der Waals surface area (Å²) < 4.78 is 5.42. The summed E-state index contributed by atoms with van der Waals surface area (Å²) in [6, 6.07) is 25.9. The van der Waals surface area contributed by atoms with Crippen molar-refractivity contribution in [3.8, 4) is 0 Å². The molecule has 4 heteroatoms. The van der Waals surface area contributed by atoms with Crippen LogP contribution in [0.5, 0.6) is 0 Å². The molecule has 0 fully saturated rings. The third kappa shape index (κ3) is 4.55. The van der Waals surface area contributed by atoms with Gasteiger partial charge in [-0.3, -0.25) is 0 Å². The van der Waals surface area contributed by atoms with Gasteiger partial charge in [-0.2, -0.15) is 0 Å². The summed E-state index contributed by atoms with van der Waals surface area (Å²) in [5.41, 5.74) is 12.3. The predicted octanol–water partition coefficient (Wildman–Crippen LogP) is 9.00. The molecule has 0 amide bonds. The molecule has 0 aliphatic heterocycles. The molecule has 0 saturated heterocycles. The van der Waals surface area contributed by atoms with Gasteiger partial charge in [-0.15, -0.1) is 24.8 Å². The number of allylic oxidation sites excluding steroid dienone is 2. The van der Waals surface area contributed by atoms with E-state index in [9.17, 15) is 0 Å². The van der Waals surface area contributed by atoms with E-state index in [0.717, 1.165) is 0 Å². The van der Waals surface area contributed by atoms with E-state index in [2.05, 4.69) is 132 Å². The van der Waals surface area contributed by atoms with Crippen LogP contribution in [0.4, 0.5) is 0 Å². The van der Waals surface area contributed by atoms with E-state index in [-0.39, 0.29) is 24.8 Å². The van der Waals surface area contributed by atoms with Crippen molar-refractivity contribution < 1.29 is 17.4 Å². The van der Waals surface area contributed by atoms with E-state index in [1.807, 2.05) is 0 Å². The average molecular weight is 629 g/mol. The second-order valence-electron chi connectivity index (χ2n) is 12.2. The Kier molecular flexibility index (Phi) is 8.84. The molecular formula is C33H42Cl2SiZr. The van der Waals surface area contributed by atoms with Gasteiger partial charge in [-0.1, -0.05) is 0 Å². The fraction of sp³-hybridized carbons (Fsp3) is 0.333. The topological polar surface area (TPSA) is 0 Å². The number of hydrogen-bond donors (Lipinski definition) is 0. The maximum Gasteiger partial charge on any atom is -0.147 e. The van der Waals surface area contributed by atoms with Crippen LogP contribution in [0.25, 0.3) is 12.2 Å². The van der Waals surface area contributed by atoms with E-state index in [1.54, 1.807) is 25.5 Å². The van der Waals surface area contributed by atoms with Crippen LogP contribution in [0.1, 0.15) is 94.0 Å². The Bertz CT molecular complexity index is 1360. The van der Waals surface area contributed by atoms with Crippen molar-refractivity contribution in [1.29, 1.82) is 0 Å². The zero-order valence-corrected chi connectivity index (χ0v) is 28.8. The molecule has 0 N–H and O–H groups in total. The summed E-state index contributed by atoms with van der Waals surface area (Å²) in [5, 5.41) is 0. The van der Waals surface area contributed by atoms with Crippen LogP contribution < -0.4 is 3.27 Å². The molecule has 2 aliphatic rings. The third-order valence-electron chi connectivity index (χ3n) is 9.08. The molecule has 0 saturated carbocycles. The van der Waals surface area contributed by atoms with Crippen LogP contribution >= 0.6 is 24.8 Å². The van der Waals surface area contributed by atoms with Gasteiger partial charge in [0, 0.05) is 0 Å².